The summed E-state index contributed by atoms with van der Waals surface area (Å²) in [5, 5.41) is 4.77. The molecule has 2 aromatic rings. The Morgan fingerprint density at radius 3 is 1.75 bits per heavy atom. The Hall–Kier alpha value is -3.25. The molecule has 2 nitrogen and oxygen atoms in total. The lowest BCUT2D eigenvalue weighted by Gasteiger charge is -2.26. The molecule has 0 amide bonds. The van der Waals surface area contributed by atoms with Gasteiger partial charge >= 0.3 is 0 Å². The summed E-state index contributed by atoms with van der Waals surface area (Å²) in [6, 6.07) is 8.41. The van der Waals surface area contributed by atoms with E-state index in [1.54, 1.807) is 29.6 Å². The number of thioether (sulfide) groups is 3. The zero-order valence-corrected chi connectivity index (χ0v) is 34.5. The van der Waals surface area contributed by atoms with E-state index < -0.39 is 0 Å². The highest BCUT2D eigenvalue weighted by molar-refractivity contribution is 8.03. The Balaban J connectivity index is 0.000000175. The molecule has 0 fully saturated rings. The van der Waals surface area contributed by atoms with Crippen LogP contribution in [0.25, 0.3) is 23.9 Å². The van der Waals surface area contributed by atoms with E-state index in [0.29, 0.717) is 0 Å². The molecule has 0 unspecified atom stereocenters. The third-order valence-electron chi connectivity index (χ3n) is 9.58. The minimum atomic E-state index is 0.155. The highest BCUT2D eigenvalue weighted by Gasteiger charge is 2.29. The number of carbonyl (C=O) groups excluding carboxylic acids is 2. The molecule has 0 aromatic heterocycles. The summed E-state index contributed by atoms with van der Waals surface area (Å²) in [4.78, 5) is 27.8. The fourth-order valence-electron chi connectivity index (χ4n) is 6.51. The molecule has 0 aliphatic heterocycles. The summed E-state index contributed by atoms with van der Waals surface area (Å²) in [6.45, 7) is 27.5. The highest BCUT2D eigenvalue weighted by atomic mass is 32.2. The number of fused-ring (bicyclic) bond motifs is 3. The average molecular weight is 749 g/mol. The summed E-state index contributed by atoms with van der Waals surface area (Å²) in [5.41, 5.74) is 8.15. The number of carbonyl (C=O) groups is 2. The molecule has 274 valence electrons. The Labute approximate surface area is 325 Å². The van der Waals surface area contributed by atoms with Crippen LogP contribution in [0.5, 0.6) is 0 Å². The molecule has 0 saturated carbocycles. The Morgan fingerprint density at radius 1 is 0.615 bits per heavy atom. The first-order valence-corrected chi connectivity index (χ1v) is 21.8. The zero-order valence-electron chi connectivity index (χ0n) is 32.1. The number of allylic oxidation sites excluding steroid dienone is 12. The number of hydrogen-bond donors (Lipinski definition) is 0. The lowest BCUT2D eigenvalue weighted by Crippen LogP contribution is -2.17. The van der Waals surface area contributed by atoms with E-state index >= 15 is 0 Å². The molecule has 0 heterocycles. The lowest BCUT2D eigenvalue weighted by molar-refractivity contribution is -0.112. The van der Waals surface area contributed by atoms with Crippen molar-refractivity contribution in [2.24, 2.45) is 0 Å². The number of rotatable bonds is 11. The van der Waals surface area contributed by atoms with Crippen LogP contribution in [-0.4, -0.2) is 28.8 Å². The Bertz CT molecular complexity index is 2010. The molecular weight excluding hydrogens is 693 g/mol. The van der Waals surface area contributed by atoms with Crippen LogP contribution in [0.2, 0.25) is 0 Å². The third-order valence-corrected chi connectivity index (χ3v) is 13.5. The van der Waals surface area contributed by atoms with E-state index in [1.807, 2.05) is 24.8 Å². The standard InChI is InChI=1S/C16H20OS.C16H18S.C15H18OS/c1-4-5-10-18-16-11(2)13-8-6-7-9-14(13)15(17)12(16)3;1-5-10-17-16-12(3)11(2)14-8-6-7-9-15(14)13(16)4;1-3-4-9-17-15-10-14(16)13-8-6-5-7-12(13)11(15)2/h8-9H,2,4-7,10H2,1,3H3;6-9H,2,4-5,10H2,1,3H3;7-8,10H,2-6,9H2,1H3. The van der Waals surface area contributed by atoms with Crippen molar-refractivity contribution in [3.8, 4) is 0 Å². The molecule has 2 aromatic carbocycles. The number of hydrogen-bond acceptors (Lipinski definition) is 5. The van der Waals surface area contributed by atoms with Gasteiger partial charge < -0.3 is 0 Å². The van der Waals surface area contributed by atoms with E-state index in [2.05, 4.69) is 96.5 Å². The normalized spacial score (nSPS) is 16.8. The lowest BCUT2D eigenvalue weighted by atomic mass is 9.82. The predicted octanol–water partition coefficient (Wildman–Crippen LogP) is 12.2. The highest BCUT2D eigenvalue weighted by Crippen LogP contribution is 2.42. The van der Waals surface area contributed by atoms with Crippen molar-refractivity contribution in [1.82, 2.24) is 0 Å². The van der Waals surface area contributed by atoms with Gasteiger partial charge in [0.1, 0.15) is 0 Å². The van der Waals surface area contributed by atoms with Crippen LogP contribution in [0.15, 0.2) is 122 Å². The van der Waals surface area contributed by atoms with Gasteiger partial charge in [-0.15, -0.1) is 35.3 Å². The van der Waals surface area contributed by atoms with Gasteiger partial charge in [-0.1, -0.05) is 108 Å². The summed E-state index contributed by atoms with van der Waals surface area (Å²) in [6.07, 6.45) is 20.1. The van der Waals surface area contributed by atoms with Crippen molar-refractivity contribution in [3.05, 3.63) is 133 Å². The first-order valence-electron chi connectivity index (χ1n) is 18.9. The van der Waals surface area contributed by atoms with Crippen LogP contribution in [0, 0.1) is 6.92 Å². The molecule has 4 aliphatic carbocycles. The van der Waals surface area contributed by atoms with Crippen molar-refractivity contribution in [1.29, 1.82) is 0 Å². The minimum absolute atomic E-state index is 0.155. The smallest absolute Gasteiger partial charge is 0.190 e. The van der Waals surface area contributed by atoms with Crippen LogP contribution in [0.1, 0.15) is 91.0 Å². The maximum Gasteiger partial charge on any atom is 0.190 e. The van der Waals surface area contributed by atoms with Crippen molar-refractivity contribution in [2.45, 2.75) is 97.3 Å². The molecule has 0 saturated heterocycles. The SMILES string of the molecule is C=C1C(SCCCC)=CC(=O)C2=CCCC=C12.C=C1C2=CCCC=C2C(=O)C(C)=C1SCCCC.C=c1c(C)c(SCCC)c(=C)c2ccccc12. The van der Waals surface area contributed by atoms with Gasteiger partial charge in [-0.2, -0.15) is 0 Å². The third kappa shape index (κ3) is 9.83. The molecule has 5 heteroatoms. The number of Topliss-reactive ketones (excluding diaryl/α,β-unsaturated/α-hetero) is 1. The maximum absolute atomic E-state index is 12.3. The van der Waals surface area contributed by atoms with Crippen molar-refractivity contribution in [2.75, 3.05) is 17.3 Å². The van der Waals surface area contributed by atoms with Crippen molar-refractivity contribution in [3.63, 3.8) is 0 Å². The second-order valence-electron chi connectivity index (χ2n) is 13.4. The second kappa shape index (κ2) is 20.3. The Kier molecular flexibility index (Phi) is 16.2. The Morgan fingerprint density at radius 2 is 1.15 bits per heavy atom. The monoisotopic (exact) mass is 748 g/mol. The average Bonchev–Trinajstić information content (AvgIpc) is 3.17. The van der Waals surface area contributed by atoms with Crippen LogP contribution in [0.3, 0.4) is 0 Å². The van der Waals surface area contributed by atoms with E-state index in [1.165, 1.54) is 53.3 Å². The molecule has 0 spiro atoms. The van der Waals surface area contributed by atoms with E-state index in [9.17, 15) is 9.59 Å². The molecular formula is C47H56O2S3. The van der Waals surface area contributed by atoms with Crippen LogP contribution in [-0.2, 0) is 9.59 Å². The van der Waals surface area contributed by atoms with Gasteiger partial charge in [0.15, 0.2) is 11.6 Å². The van der Waals surface area contributed by atoms with Gasteiger partial charge in [-0.25, -0.2) is 0 Å². The number of unbranched alkanes of at least 4 members (excludes halogenated alkanes) is 2. The fourth-order valence-corrected chi connectivity index (χ4v) is 9.90. The van der Waals surface area contributed by atoms with Crippen LogP contribution < -0.4 is 10.4 Å². The van der Waals surface area contributed by atoms with Gasteiger partial charge in [0.25, 0.3) is 0 Å². The fraction of sp³-hybridized carbons (Fsp3) is 0.362. The number of benzene rings is 2. The van der Waals surface area contributed by atoms with Gasteiger partial charge in [-0.05, 0) is 125 Å². The minimum Gasteiger partial charge on any atom is -0.289 e. The van der Waals surface area contributed by atoms with E-state index in [0.717, 1.165) is 102 Å². The summed E-state index contributed by atoms with van der Waals surface area (Å²) < 4.78 is 0. The second-order valence-corrected chi connectivity index (χ2v) is 16.8. The zero-order chi connectivity index (χ0) is 37.8. The predicted molar refractivity (Wildman–Crippen MR) is 235 cm³/mol. The largest absolute Gasteiger partial charge is 0.289 e. The first kappa shape index (κ1) is 41.5. The van der Waals surface area contributed by atoms with Crippen LogP contribution in [0.4, 0.5) is 0 Å². The molecule has 4 aliphatic rings. The molecule has 0 bridgehead atoms. The molecule has 0 radical (unpaired) electrons. The summed E-state index contributed by atoms with van der Waals surface area (Å²) >= 11 is 5.45. The van der Waals surface area contributed by atoms with Crippen molar-refractivity contribution >= 4 is 70.8 Å². The molecule has 0 N–H and O–H groups in total. The van der Waals surface area contributed by atoms with Gasteiger partial charge in [0, 0.05) is 37.5 Å². The van der Waals surface area contributed by atoms with Gasteiger partial charge in [-0.3, -0.25) is 9.59 Å². The molecule has 52 heavy (non-hydrogen) atoms. The molecule has 0 atom stereocenters. The summed E-state index contributed by atoms with van der Waals surface area (Å²) in [7, 11) is 0. The molecule has 6 rings (SSSR count). The van der Waals surface area contributed by atoms with E-state index in [4.69, 9.17) is 0 Å². The van der Waals surface area contributed by atoms with Crippen molar-refractivity contribution < 1.29 is 9.59 Å². The van der Waals surface area contributed by atoms with Crippen LogP contribution >= 0.6 is 35.3 Å². The quantitative estimate of drug-likeness (QED) is 0.169. The summed E-state index contributed by atoms with van der Waals surface area (Å²) in [5.74, 6) is 3.64. The maximum atomic E-state index is 12.3. The van der Waals surface area contributed by atoms with E-state index in [-0.39, 0.29) is 11.6 Å². The topological polar surface area (TPSA) is 34.1 Å². The van der Waals surface area contributed by atoms with Gasteiger partial charge in [0.05, 0.1) is 0 Å². The number of ketones is 2. The first-order chi connectivity index (χ1) is 25.1. The van der Waals surface area contributed by atoms with Gasteiger partial charge in [0.2, 0.25) is 0 Å².